The molecule has 8 nitrogen and oxygen atoms in total. The van der Waals surface area contributed by atoms with Gasteiger partial charge >= 0.3 is 12.0 Å². The molecule has 1 fully saturated rings. The van der Waals surface area contributed by atoms with Gasteiger partial charge in [0.15, 0.2) is 0 Å². The Morgan fingerprint density at radius 2 is 1.76 bits per heavy atom. The van der Waals surface area contributed by atoms with Gasteiger partial charge in [-0.15, -0.1) is 6.58 Å². The second-order valence-electron chi connectivity index (χ2n) is 9.00. The van der Waals surface area contributed by atoms with Crippen LogP contribution in [0.1, 0.15) is 28.9 Å². The van der Waals surface area contributed by atoms with E-state index in [1.807, 2.05) is 4.90 Å². The summed E-state index contributed by atoms with van der Waals surface area (Å²) < 4.78 is 33.0. The first kappa shape index (κ1) is 27.0. The Bertz CT molecular complexity index is 1260. The standard InChI is InChI=1S/C28H30F2N4O4/c1-3-11-34-23(18-32-12-14-33(15-13-32)26(35)20-8-6-10-22(30)17-20)24(27(36)38-4-2)25(31-28(34)37)19-7-5-9-21(29)16-19/h3,5-10,16-17,25H,1,4,11-15,18H2,2H3,(H,31,37). The summed E-state index contributed by atoms with van der Waals surface area (Å²) in [6.07, 6.45) is 1.56. The maximum Gasteiger partial charge on any atom is 0.338 e. The first-order valence-electron chi connectivity index (χ1n) is 12.4. The Kier molecular flexibility index (Phi) is 8.52. The quantitative estimate of drug-likeness (QED) is 0.422. The number of halogens is 2. The summed E-state index contributed by atoms with van der Waals surface area (Å²) in [5.74, 6) is -1.83. The van der Waals surface area contributed by atoms with Gasteiger partial charge in [-0.2, -0.15) is 0 Å². The number of piperazine rings is 1. The van der Waals surface area contributed by atoms with E-state index in [9.17, 15) is 23.2 Å². The van der Waals surface area contributed by atoms with Crippen molar-refractivity contribution in [2.75, 3.05) is 45.9 Å². The number of ether oxygens (including phenoxy) is 1. The lowest BCUT2D eigenvalue weighted by atomic mass is 9.94. The molecule has 4 rings (SSSR count). The highest BCUT2D eigenvalue weighted by Gasteiger charge is 2.39. The molecule has 1 atom stereocenters. The zero-order chi connectivity index (χ0) is 27.2. The van der Waals surface area contributed by atoms with E-state index >= 15 is 0 Å². The van der Waals surface area contributed by atoms with Gasteiger partial charge < -0.3 is 15.0 Å². The first-order valence-corrected chi connectivity index (χ1v) is 12.4. The molecule has 2 aromatic rings. The molecule has 2 aliphatic rings. The molecule has 0 saturated carbocycles. The lowest BCUT2D eigenvalue weighted by Gasteiger charge is -2.40. The summed E-state index contributed by atoms with van der Waals surface area (Å²) >= 11 is 0. The summed E-state index contributed by atoms with van der Waals surface area (Å²) in [6.45, 7) is 7.63. The molecule has 0 aliphatic carbocycles. The van der Waals surface area contributed by atoms with Crippen LogP contribution in [-0.4, -0.2) is 78.5 Å². The van der Waals surface area contributed by atoms with Crippen LogP contribution in [0.5, 0.6) is 0 Å². The first-order chi connectivity index (χ1) is 18.3. The van der Waals surface area contributed by atoms with Gasteiger partial charge in [0, 0.05) is 50.5 Å². The zero-order valence-corrected chi connectivity index (χ0v) is 21.2. The second kappa shape index (κ2) is 12.0. The van der Waals surface area contributed by atoms with Crippen molar-refractivity contribution in [1.82, 2.24) is 20.0 Å². The molecule has 200 valence electrons. The lowest BCUT2D eigenvalue weighted by molar-refractivity contribution is -0.139. The fourth-order valence-electron chi connectivity index (χ4n) is 4.71. The Labute approximate surface area is 220 Å². The molecule has 0 aromatic heterocycles. The third-order valence-corrected chi connectivity index (χ3v) is 6.53. The topological polar surface area (TPSA) is 82.2 Å². The number of esters is 1. The van der Waals surface area contributed by atoms with E-state index in [1.54, 1.807) is 30.0 Å². The summed E-state index contributed by atoms with van der Waals surface area (Å²) in [4.78, 5) is 44.3. The van der Waals surface area contributed by atoms with Gasteiger partial charge in [-0.25, -0.2) is 18.4 Å². The van der Waals surface area contributed by atoms with E-state index in [1.165, 1.54) is 41.3 Å². The average molecular weight is 525 g/mol. The minimum Gasteiger partial charge on any atom is -0.463 e. The summed E-state index contributed by atoms with van der Waals surface area (Å²) in [5.41, 5.74) is 1.36. The molecular formula is C28H30F2N4O4. The van der Waals surface area contributed by atoms with Crippen molar-refractivity contribution in [3.63, 3.8) is 0 Å². The zero-order valence-electron chi connectivity index (χ0n) is 21.2. The molecule has 1 saturated heterocycles. The van der Waals surface area contributed by atoms with Crippen LogP contribution in [0.2, 0.25) is 0 Å². The largest absolute Gasteiger partial charge is 0.463 e. The molecule has 2 aliphatic heterocycles. The minimum atomic E-state index is -0.899. The van der Waals surface area contributed by atoms with Crippen molar-refractivity contribution in [3.05, 3.63) is 95.2 Å². The van der Waals surface area contributed by atoms with Gasteiger partial charge in [0.05, 0.1) is 18.2 Å². The van der Waals surface area contributed by atoms with Crippen molar-refractivity contribution >= 4 is 17.9 Å². The Hall–Kier alpha value is -4.05. The fraction of sp³-hybridized carbons (Fsp3) is 0.321. The van der Waals surface area contributed by atoms with Crippen LogP contribution in [0.3, 0.4) is 0 Å². The Balaban J connectivity index is 1.62. The Morgan fingerprint density at radius 1 is 1.08 bits per heavy atom. The van der Waals surface area contributed by atoms with E-state index in [2.05, 4.69) is 11.9 Å². The van der Waals surface area contributed by atoms with E-state index < -0.39 is 29.7 Å². The number of nitrogens with one attached hydrogen (secondary N) is 1. The SMILES string of the molecule is C=CCN1C(=O)NC(c2cccc(F)c2)C(C(=O)OCC)=C1CN1CCN(C(=O)c2cccc(F)c2)CC1. The summed E-state index contributed by atoms with van der Waals surface area (Å²) in [7, 11) is 0. The molecule has 2 heterocycles. The molecule has 0 bridgehead atoms. The average Bonchev–Trinajstić information content (AvgIpc) is 2.90. The third-order valence-electron chi connectivity index (χ3n) is 6.53. The predicted molar refractivity (Wildman–Crippen MR) is 137 cm³/mol. The van der Waals surface area contributed by atoms with E-state index in [-0.39, 0.29) is 36.7 Å². The summed E-state index contributed by atoms with van der Waals surface area (Å²) in [6, 6.07) is 9.97. The normalized spacial score (nSPS) is 18.3. The van der Waals surface area contributed by atoms with Crippen LogP contribution in [-0.2, 0) is 9.53 Å². The molecule has 0 radical (unpaired) electrons. The molecular weight excluding hydrogens is 494 g/mol. The molecule has 1 N–H and O–H groups in total. The number of hydrogen-bond donors (Lipinski definition) is 1. The van der Waals surface area contributed by atoms with Crippen LogP contribution in [0, 0.1) is 11.6 Å². The number of hydrogen-bond acceptors (Lipinski definition) is 5. The fourth-order valence-corrected chi connectivity index (χ4v) is 4.71. The van der Waals surface area contributed by atoms with Crippen molar-refractivity contribution in [2.24, 2.45) is 0 Å². The molecule has 2 aromatic carbocycles. The summed E-state index contributed by atoms with van der Waals surface area (Å²) in [5, 5.41) is 2.81. The monoisotopic (exact) mass is 524 g/mol. The van der Waals surface area contributed by atoms with Crippen molar-refractivity contribution in [1.29, 1.82) is 0 Å². The van der Waals surface area contributed by atoms with Crippen LogP contribution in [0.25, 0.3) is 0 Å². The van der Waals surface area contributed by atoms with Crippen LogP contribution >= 0.6 is 0 Å². The van der Waals surface area contributed by atoms with E-state index in [0.29, 0.717) is 37.4 Å². The van der Waals surface area contributed by atoms with Gasteiger partial charge in [-0.1, -0.05) is 24.3 Å². The minimum absolute atomic E-state index is 0.127. The maximum atomic E-state index is 14.1. The number of carbonyl (C=O) groups excluding carboxylic acids is 3. The smallest absolute Gasteiger partial charge is 0.338 e. The number of benzene rings is 2. The number of carbonyl (C=O) groups is 3. The molecule has 1 unspecified atom stereocenters. The number of urea groups is 1. The molecule has 0 spiro atoms. The Morgan fingerprint density at radius 3 is 2.39 bits per heavy atom. The van der Waals surface area contributed by atoms with Crippen molar-refractivity contribution in [3.8, 4) is 0 Å². The lowest BCUT2D eigenvalue weighted by Crippen LogP contribution is -2.53. The predicted octanol–water partition coefficient (Wildman–Crippen LogP) is 3.49. The number of rotatable bonds is 8. The highest BCUT2D eigenvalue weighted by atomic mass is 19.1. The van der Waals surface area contributed by atoms with Gasteiger partial charge in [0.1, 0.15) is 11.6 Å². The van der Waals surface area contributed by atoms with Gasteiger partial charge in [0.25, 0.3) is 5.91 Å². The van der Waals surface area contributed by atoms with Gasteiger partial charge in [-0.3, -0.25) is 14.6 Å². The third kappa shape index (κ3) is 5.91. The number of nitrogens with zero attached hydrogens (tertiary/aromatic N) is 3. The number of amides is 3. The van der Waals surface area contributed by atoms with Crippen LogP contribution in [0.4, 0.5) is 13.6 Å². The van der Waals surface area contributed by atoms with Crippen LogP contribution in [0.15, 0.2) is 72.5 Å². The highest BCUT2D eigenvalue weighted by molar-refractivity contribution is 5.95. The van der Waals surface area contributed by atoms with Crippen molar-refractivity contribution < 1.29 is 27.9 Å². The maximum absolute atomic E-state index is 14.1. The van der Waals surface area contributed by atoms with E-state index in [4.69, 9.17) is 4.74 Å². The van der Waals surface area contributed by atoms with Crippen molar-refractivity contribution in [2.45, 2.75) is 13.0 Å². The molecule has 10 heteroatoms. The highest BCUT2D eigenvalue weighted by Crippen LogP contribution is 2.32. The van der Waals surface area contributed by atoms with Gasteiger partial charge in [0.2, 0.25) is 0 Å². The molecule has 3 amide bonds. The molecule has 38 heavy (non-hydrogen) atoms. The van der Waals surface area contributed by atoms with Crippen LogP contribution < -0.4 is 5.32 Å². The van der Waals surface area contributed by atoms with E-state index in [0.717, 1.165) is 0 Å². The second-order valence-corrected chi connectivity index (χ2v) is 9.00. The van der Waals surface area contributed by atoms with Gasteiger partial charge in [-0.05, 0) is 42.8 Å².